The summed E-state index contributed by atoms with van der Waals surface area (Å²) in [7, 11) is 0. The molecule has 7 N–H and O–H groups in total. The maximum Gasteiger partial charge on any atom is 0.335 e. The van der Waals surface area contributed by atoms with Gasteiger partial charge in [0, 0.05) is 12.2 Å². The zero-order chi connectivity index (χ0) is 19.4. The Balaban J connectivity index is 1.77. The topological polar surface area (TPSA) is 153 Å². The van der Waals surface area contributed by atoms with Gasteiger partial charge in [0.25, 0.3) is 5.91 Å². The van der Waals surface area contributed by atoms with Crippen LogP contribution in [0.1, 0.15) is 26.3 Å². The summed E-state index contributed by atoms with van der Waals surface area (Å²) in [6, 6.07) is 12.6. The number of anilines is 3. The van der Waals surface area contributed by atoms with Gasteiger partial charge in [0.15, 0.2) is 5.82 Å². The van der Waals surface area contributed by atoms with Gasteiger partial charge >= 0.3 is 5.97 Å². The molecular formula is C18H17N5O4. The zero-order valence-electron chi connectivity index (χ0n) is 14.1. The van der Waals surface area contributed by atoms with Crippen molar-refractivity contribution in [3.8, 4) is 5.75 Å². The Morgan fingerprint density at radius 3 is 2.33 bits per heavy atom. The van der Waals surface area contributed by atoms with Gasteiger partial charge in [0.05, 0.1) is 5.56 Å². The van der Waals surface area contributed by atoms with Crippen molar-refractivity contribution in [2.24, 2.45) is 5.73 Å². The van der Waals surface area contributed by atoms with Gasteiger partial charge in [-0.1, -0.05) is 12.1 Å². The van der Waals surface area contributed by atoms with Crippen molar-refractivity contribution >= 4 is 29.2 Å². The van der Waals surface area contributed by atoms with Gasteiger partial charge in [0.1, 0.15) is 17.1 Å². The first-order valence-corrected chi connectivity index (χ1v) is 7.94. The molecule has 0 unspecified atom stereocenters. The van der Waals surface area contributed by atoms with Crippen LogP contribution in [-0.4, -0.2) is 32.3 Å². The third kappa shape index (κ3) is 4.15. The first-order chi connectivity index (χ1) is 12.9. The summed E-state index contributed by atoms with van der Waals surface area (Å²) in [6.07, 6.45) is 0. The van der Waals surface area contributed by atoms with E-state index >= 15 is 0 Å². The highest BCUT2D eigenvalue weighted by Gasteiger charge is 2.18. The van der Waals surface area contributed by atoms with Crippen molar-refractivity contribution in [1.82, 2.24) is 10.2 Å². The molecule has 0 saturated carbocycles. The Morgan fingerprint density at radius 1 is 1.07 bits per heavy atom. The summed E-state index contributed by atoms with van der Waals surface area (Å²) in [5.74, 6) is -0.973. The third-order valence-corrected chi connectivity index (χ3v) is 3.81. The Bertz CT molecular complexity index is 964. The lowest BCUT2D eigenvalue weighted by molar-refractivity contribution is 0.0696. The lowest BCUT2D eigenvalue weighted by Crippen LogP contribution is -2.15. The number of aromatic carboxylic acids is 1. The number of hydrogen-bond donors (Lipinski definition) is 6. The molecule has 2 aromatic carbocycles. The van der Waals surface area contributed by atoms with Gasteiger partial charge < -0.3 is 26.6 Å². The number of H-pyrrole nitrogens is 1. The lowest BCUT2D eigenvalue weighted by Gasteiger charge is -2.08. The number of aromatic hydroxyl groups is 1. The first kappa shape index (κ1) is 17.8. The highest BCUT2D eigenvalue weighted by Crippen LogP contribution is 2.25. The van der Waals surface area contributed by atoms with Gasteiger partial charge in [-0.2, -0.15) is 5.10 Å². The zero-order valence-corrected chi connectivity index (χ0v) is 14.1. The van der Waals surface area contributed by atoms with E-state index in [2.05, 4.69) is 20.8 Å². The molecule has 9 heteroatoms. The van der Waals surface area contributed by atoms with Crippen molar-refractivity contribution in [2.75, 3.05) is 10.6 Å². The molecule has 0 radical (unpaired) electrons. The number of nitrogens with zero attached hydrogens (tertiary/aromatic N) is 1. The quantitative estimate of drug-likeness (QED) is 0.374. The lowest BCUT2D eigenvalue weighted by atomic mass is 10.2. The van der Waals surface area contributed by atoms with E-state index in [-0.39, 0.29) is 22.7 Å². The van der Waals surface area contributed by atoms with Gasteiger partial charge in [-0.15, -0.1) is 0 Å². The molecule has 0 saturated heterocycles. The van der Waals surface area contributed by atoms with E-state index in [0.717, 1.165) is 5.56 Å². The van der Waals surface area contributed by atoms with Crippen LogP contribution in [0.5, 0.6) is 5.75 Å². The van der Waals surface area contributed by atoms with E-state index in [1.54, 1.807) is 36.4 Å². The molecule has 1 aromatic heterocycles. The highest BCUT2D eigenvalue weighted by atomic mass is 16.4. The number of primary amides is 1. The Labute approximate surface area is 153 Å². The molecule has 0 bridgehead atoms. The fourth-order valence-electron chi connectivity index (χ4n) is 2.44. The van der Waals surface area contributed by atoms with E-state index in [4.69, 9.17) is 10.8 Å². The van der Waals surface area contributed by atoms with Crippen LogP contribution in [-0.2, 0) is 6.54 Å². The SMILES string of the molecule is NC(=O)c1c(NCc2ccc(O)cc2)n[nH]c1Nc1ccc(C(=O)O)cc1. The summed E-state index contributed by atoms with van der Waals surface area (Å²) in [6.45, 7) is 0.373. The van der Waals surface area contributed by atoms with Gasteiger partial charge in [0.2, 0.25) is 0 Å². The van der Waals surface area contributed by atoms with Crippen LogP contribution in [0, 0.1) is 0 Å². The molecule has 0 atom stereocenters. The van der Waals surface area contributed by atoms with E-state index in [9.17, 15) is 14.7 Å². The number of carboxylic acids is 1. The van der Waals surface area contributed by atoms with Crippen LogP contribution in [0.3, 0.4) is 0 Å². The fourth-order valence-corrected chi connectivity index (χ4v) is 2.44. The van der Waals surface area contributed by atoms with E-state index in [1.807, 2.05) is 0 Å². The molecule has 0 aliphatic rings. The minimum Gasteiger partial charge on any atom is -0.508 e. The number of aromatic amines is 1. The van der Waals surface area contributed by atoms with Crippen LogP contribution in [0.2, 0.25) is 0 Å². The van der Waals surface area contributed by atoms with Crippen LogP contribution in [0.25, 0.3) is 0 Å². The number of rotatable bonds is 7. The largest absolute Gasteiger partial charge is 0.508 e. The van der Waals surface area contributed by atoms with Crippen molar-refractivity contribution in [3.63, 3.8) is 0 Å². The first-order valence-electron chi connectivity index (χ1n) is 7.94. The Morgan fingerprint density at radius 2 is 1.74 bits per heavy atom. The van der Waals surface area contributed by atoms with Crippen molar-refractivity contribution in [3.05, 3.63) is 65.2 Å². The number of nitrogens with one attached hydrogen (secondary N) is 3. The fraction of sp³-hybridized carbons (Fsp3) is 0.0556. The summed E-state index contributed by atoms with van der Waals surface area (Å²) >= 11 is 0. The number of aromatic nitrogens is 2. The standard InChI is InChI=1S/C18H17N5O4/c19-15(25)14-16(20-9-10-1-7-13(24)8-2-10)22-23-17(14)21-12-5-3-11(4-6-12)18(26)27/h1-8,24H,9H2,(H2,19,25)(H,26,27)(H3,20,21,22,23). The second kappa shape index (κ2) is 7.48. The number of carbonyl (C=O) groups excluding carboxylic acids is 1. The van der Waals surface area contributed by atoms with Crippen LogP contribution in [0.15, 0.2) is 48.5 Å². The van der Waals surface area contributed by atoms with Gasteiger partial charge in [-0.05, 0) is 42.0 Å². The maximum absolute atomic E-state index is 11.9. The average molecular weight is 367 g/mol. The van der Waals surface area contributed by atoms with Crippen molar-refractivity contribution < 1.29 is 19.8 Å². The van der Waals surface area contributed by atoms with E-state index < -0.39 is 11.9 Å². The Hall–Kier alpha value is -4.01. The number of amides is 1. The molecular weight excluding hydrogens is 350 g/mol. The van der Waals surface area contributed by atoms with Crippen LogP contribution in [0.4, 0.5) is 17.3 Å². The third-order valence-electron chi connectivity index (χ3n) is 3.81. The highest BCUT2D eigenvalue weighted by molar-refractivity contribution is 6.03. The predicted molar refractivity (Wildman–Crippen MR) is 99.2 cm³/mol. The second-order valence-electron chi connectivity index (χ2n) is 5.71. The van der Waals surface area contributed by atoms with Gasteiger partial charge in [-0.25, -0.2) is 4.79 Å². The molecule has 27 heavy (non-hydrogen) atoms. The number of phenolic OH excluding ortho intramolecular Hbond substituents is 1. The summed E-state index contributed by atoms with van der Waals surface area (Å²) < 4.78 is 0. The molecule has 0 fully saturated rings. The molecule has 1 amide bonds. The number of benzene rings is 2. The van der Waals surface area contributed by atoms with Crippen LogP contribution < -0.4 is 16.4 Å². The van der Waals surface area contributed by atoms with E-state index in [1.165, 1.54) is 12.1 Å². The second-order valence-corrected chi connectivity index (χ2v) is 5.71. The van der Waals surface area contributed by atoms with Crippen molar-refractivity contribution in [1.29, 1.82) is 0 Å². The Kier molecular flexibility index (Phi) is 4.93. The number of carboxylic acid groups (broad SMARTS) is 1. The molecule has 1 heterocycles. The number of nitrogens with two attached hydrogens (primary N) is 1. The van der Waals surface area contributed by atoms with E-state index in [0.29, 0.717) is 18.1 Å². The molecule has 3 aromatic rings. The molecule has 9 nitrogen and oxygen atoms in total. The summed E-state index contributed by atoms with van der Waals surface area (Å²) in [5.41, 5.74) is 7.22. The molecule has 0 spiro atoms. The normalized spacial score (nSPS) is 10.4. The smallest absolute Gasteiger partial charge is 0.335 e. The van der Waals surface area contributed by atoms with Crippen molar-refractivity contribution in [2.45, 2.75) is 6.54 Å². The number of phenols is 1. The summed E-state index contributed by atoms with van der Waals surface area (Å²) in [4.78, 5) is 22.8. The minimum atomic E-state index is -1.03. The summed E-state index contributed by atoms with van der Waals surface area (Å²) in [5, 5.41) is 31.0. The average Bonchev–Trinajstić information content (AvgIpc) is 3.04. The van der Waals surface area contributed by atoms with Crippen LogP contribution >= 0.6 is 0 Å². The molecule has 0 aliphatic heterocycles. The number of carbonyl (C=O) groups is 2. The molecule has 138 valence electrons. The molecule has 3 rings (SSSR count). The molecule has 0 aliphatic carbocycles. The van der Waals surface area contributed by atoms with Gasteiger partial charge in [-0.3, -0.25) is 9.89 Å². The maximum atomic E-state index is 11.9. The number of hydrogen-bond acceptors (Lipinski definition) is 6. The minimum absolute atomic E-state index is 0.149. The monoisotopic (exact) mass is 367 g/mol. The predicted octanol–water partition coefficient (Wildman–Crippen LogP) is 2.27.